The maximum absolute atomic E-state index is 5.96. The molecule has 0 aliphatic heterocycles. The first kappa shape index (κ1) is 13.4. The SMILES string of the molecule is CC(C)(C)COc1ccc(C2CCC(N)C2)cc1. The molecule has 2 unspecified atom stereocenters. The Labute approximate surface area is 111 Å². The van der Waals surface area contributed by atoms with Gasteiger partial charge in [0.05, 0.1) is 6.61 Å². The molecule has 2 N–H and O–H groups in total. The summed E-state index contributed by atoms with van der Waals surface area (Å²) in [6.45, 7) is 7.30. The lowest BCUT2D eigenvalue weighted by molar-refractivity contribution is 0.198. The van der Waals surface area contributed by atoms with Gasteiger partial charge in [-0.05, 0) is 48.3 Å². The van der Waals surface area contributed by atoms with Crippen molar-refractivity contribution in [2.45, 2.75) is 52.0 Å². The minimum Gasteiger partial charge on any atom is -0.493 e. The third-order valence-electron chi connectivity index (χ3n) is 3.50. The zero-order chi connectivity index (χ0) is 13.2. The molecule has 2 heteroatoms. The first-order valence-electron chi connectivity index (χ1n) is 6.92. The van der Waals surface area contributed by atoms with Gasteiger partial charge in [0.2, 0.25) is 0 Å². The van der Waals surface area contributed by atoms with Crippen LogP contribution in [0.5, 0.6) is 5.75 Å². The summed E-state index contributed by atoms with van der Waals surface area (Å²) >= 11 is 0. The van der Waals surface area contributed by atoms with E-state index in [-0.39, 0.29) is 5.41 Å². The normalized spacial score (nSPS) is 24.2. The van der Waals surface area contributed by atoms with Gasteiger partial charge in [0, 0.05) is 6.04 Å². The molecule has 1 aliphatic carbocycles. The van der Waals surface area contributed by atoms with Crippen molar-refractivity contribution in [2.24, 2.45) is 11.1 Å². The van der Waals surface area contributed by atoms with Gasteiger partial charge in [-0.15, -0.1) is 0 Å². The van der Waals surface area contributed by atoms with Crippen LogP contribution in [0.3, 0.4) is 0 Å². The molecule has 0 spiro atoms. The van der Waals surface area contributed by atoms with Crippen molar-refractivity contribution >= 4 is 0 Å². The number of hydrogen-bond donors (Lipinski definition) is 1. The van der Waals surface area contributed by atoms with Crippen molar-refractivity contribution in [1.82, 2.24) is 0 Å². The van der Waals surface area contributed by atoms with E-state index in [1.54, 1.807) is 0 Å². The molecule has 0 saturated heterocycles. The third-order valence-corrected chi connectivity index (χ3v) is 3.50. The molecular weight excluding hydrogens is 222 g/mol. The van der Waals surface area contributed by atoms with Gasteiger partial charge in [0.15, 0.2) is 0 Å². The molecule has 1 fully saturated rings. The largest absolute Gasteiger partial charge is 0.493 e. The first-order chi connectivity index (χ1) is 8.44. The predicted octanol–water partition coefficient (Wildman–Crippen LogP) is 3.71. The van der Waals surface area contributed by atoms with Gasteiger partial charge < -0.3 is 10.5 Å². The van der Waals surface area contributed by atoms with Crippen molar-refractivity contribution in [3.05, 3.63) is 29.8 Å². The maximum atomic E-state index is 5.96. The standard InChI is InChI=1S/C16H25NO/c1-16(2,3)11-18-15-8-5-12(6-9-15)13-4-7-14(17)10-13/h5-6,8-9,13-14H,4,7,10-11,17H2,1-3H3. The van der Waals surface area contributed by atoms with Gasteiger partial charge in [-0.25, -0.2) is 0 Å². The summed E-state index contributed by atoms with van der Waals surface area (Å²) in [6.07, 6.45) is 3.51. The predicted molar refractivity (Wildman–Crippen MR) is 76.0 cm³/mol. The lowest BCUT2D eigenvalue weighted by Crippen LogP contribution is -2.16. The van der Waals surface area contributed by atoms with E-state index >= 15 is 0 Å². The first-order valence-corrected chi connectivity index (χ1v) is 6.92. The van der Waals surface area contributed by atoms with Crippen LogP contribution in [0.4, 0.5) is 0 Å². The number of benzene rings is 1. The number of ether oxygens (including phenoxy) is 1. The molecule has 0 radical (unpaired) electrons. The average Bonchev–Trinajstić information content (AvgIpc) is 2.73. The minimum atomic E-state index is 0.205. The highest BCUT2D eigenvalue weighted by atomic mass is 16.5. The van der Waals surface area contributed by atoms with Crippen LogP contribution in [0.25, 0.3) is 0 Å². The van der Waals surface area contributed by atoms with Crippen LogP contribution >= 0.6 is 0 Å². The molecule has 1 aliphatic rings. The Bertz CT molecular complexity index is 377. The van der Waals surface area contributed by atoms with E-state index in [0.29, 0.717) is 12.0 Å². The van der Waals surface area contributed by atoms with Crippen LogP contribution in [0.2, 0.25) is 0 Å². The highest BCUT2D eigenvalue weighted by molar-refractivity contribution is 5.30. The molecule has 1 aromatic rings. The Balaban J connectivity index is 1.93. The van der Waals surface area contributed by atoms with E-state index in [0.717, 1.165) is 25.2 Å². The van der Waals surface area contributed by atoms with Crippen molar-refractivity contribution < 1.29 is 4.74 Å². The lowest BCUT2D eigenvalue weighted by Gasteiger charge is -2.19. The van der Waals surface area contributed by atoms with Crippen LogP contribution in [-0.2, 0) is 0 Å². The van der Waals surface area contributed by atoms with Gasteiger partial charge >= 0.3 is 0 Å². The fourth-order valence-corrected chi connectivity index (χ4v) is 2.46. The Morgan fingerprint density at radius 3 is 2.33 bits per heavy atom. The molecule has 1 saturated carbocycles. The Morgan fingerprint density at radius 2 is 1.83 bits per heavy atom. The molecule has 100 valence electrons. The number of hydrogen-bond acceptors (Lipinski definition) is 2. The van der Waals surface area contributed by atoms with Crippen LogP contribution < -0.4 is 10.5 Å². The van der Waals surface area contributed by atoms with Crippen LogP contribution in [0.15, 0.2) is 24.3 Å². The minimum absolute atomic E-state index is 0.205. The van der Waals surface area contributed by atoms with E-state index in [1.165, 1.54) is 12.0 Å². The van der Waals surface area contributed by atoms with E-state index < -0.39 is 0 Å². The molecule has 0 amide bonds. The Morgan fingerprint density at radius 1 is 1.17 bits per heavy atom. The smallest absolute Gasteiger partial charge is 0.119 e. The van der Waals surface area contributed by atoms with Gasteiger partial charge in [0.1, 0.15) is 5.75 Å². The lowest BCUT2D eigenvalue weighted by atomic mass is 9.97. The average molecular weight is 247 g/mol. The second-order valence-electron chi connectivity index (χ2n) is 6.69. The van der Waals surface area contributed by atoms with Crippen molar-refractivity contribution in [3.63, 3.8) is 0 Å². The van der Waals surface area contributed by atoms with Crippen molar-refractivity contribution in [3.8, 4) is 5.75 Å². The summed E-state index contributed by atoms with van der Waals surface area (Å²) in [5.74, 6) is 1.62. The fraction of sp³-hybridized carbons (Fsp3) is 0.625. The molecule has 18 heavy (non-hydrogen) atoms. The molecule has 2 nitrogen and oxygen atoms in total. The maximum Gasteiger partial charge on any atom is 0.119 e. The second kappa shape index (κ2) is 5.31. The van der Waals surface area contributed by atoms with Crippen LogP contribution in [-0.4, -0.2) is 12.6 Å². The molecule has 0 bridgehead atoms. The van der Waals surface area contributed by atoms with Gasteiger partial charge in [-0.1, -0.05) is 32.9 Å². The molecule has 1 aromatic carbocycles. The summed E-state index contributed by atoms with van der Waals surface area (Å²) < 4.78 is 5.78. The second-order valence-corrected chi connectivity index (χ2v) is 6.69. The van der Waals surface area contributed by atoms with Crippen molar-refractivity contribution in [1.29, 1.82) is 0 Å². The highest BCUT2D eigenvalue weighted by Gasteiger charge is 2.22. The Kier molecular flexibility index (Phi) is 3.96. The van der Waals surface area contributed by atoms with Crippen LogP contribution in [0, 0.1) is 5.41 Å². The molecule has 2 atom stereocenters. The van der Waals surface area contributed by atoms with Crippen LogP contribution in [0.1, 0.15) is 51.5 Å². The number of nitrogens with two attached hydrogens (primary N) is 1. The fourth-order valence-electron chi connectivity index (χ4n) is 2.46. The summed E-state index contributed by atoms with van der Waals surface area (Å²) in [5.41, 5.74) is 7.58. The van der Waals surface area contributed by atoms with Crippen molar-refractivity contribution in [2.75, 3.05) is 6.61 Å². The molecule has 0 aromatic heterocycles. The highest BCUT2D eigenvalue weighted by Crippen LogP contribution is 2.34. The third kappa shape index (κ3) is 3.74. The molecular formula is C16H25NO. The van der Waals surface area contributed by atoms with E-state index in [2.05, 4.69) is 45.0 Å². The summed E-state index contributed by atoms with van der Waals surface area (Å²) in [5, 5.41) is 0. The van der Waals surface area contributed by atoms with Gasteiger partial charge in [-0.3, -0.25) is 0 Å². The zero-order valence-corrected chi connectivity index (χ0v) is 11.8. The van der Waals surface area contributed by atoms with Gasteiger partial charge in [-0.2, -0.15) is 0 Å². The van der Waals surface area contributed by atoms with E-state index in [4.69, 9.17) is 10.5 Å². The van der Waals surface area contributed by atoms with E-state index in [9.17, 15) is 0 Å². The quantitative estimate of drug-likeness (QED) is 0.883. The summed E-state index contributed by atoms with van der Waals surface area (Å²) in [6, 6.07) is 8.96. The summed E-state index contributed by atoms with van der Waals surface area (Å²) in [4.78, 5) is 0. The van der Waals surface area contributed by atoms with E-state index in [1.807, 2.05) is 0 Å². The monoisotopic (exact) mass is 247 g/mol. The molecule has 0 heterocycles. The number of rotatable bonds is 3. The molecule has 2 rings (SSSR count). The summed E-state index contributed by atoms with van der Waals surface area (Å²) in [7, 11) is 0. The zero-order valence-electron chi connectivity index (χ0n) is 11.8. The Hall–Kier alpha value is -1.02. The topological polar surface area (TPSA) is 35.2 Å². The van der Waals surface area contributed by atoms with Gasteiger partial charge in [0.25, 0.3) is 0 Å².